The number of nitrogens with zero attached hydrogens (tertiary/aromatic N) is 1. The van der Waals surface area contributed by atoms with Crippen LogP contribution in [0.1, 0.15) is 25.7 Å². The maximum atomic E-state index is 9.95. The van der Waals surface area contributed by atoms with Crippen molar-refractivity contribution >= 4 is 39.3 Å². The van der Waals surface area contributed by atoms with E-state index in [0.717, 1.165) is 10.2 Å². The number of carbonyl (C=O) groups is 2. The Hall–Kier alpha value is -2.23. The number of aliphatic hydroxyl groups is 1. The molecular weight excluding hydrogens is 444 g/mol. The Morgan fingerprint density at radius 2 is 1.79 bits per heavy atom. The number of halogens is 1. The smallest absolute Gasteiger partial charge is 0.328 e. The first-order chi connectivity index (χ1) is 13.8. The summed E-state index contributed by atoms with van der Waals surface area (Å²) in [7, 11) is 0. The number of oxime groups is 1. The summed E-state index contributed by atoms with van der Waals surface area (Å²) in [6, 6.07) is 8.04. The fraction of sp³-hybridized carbons (Fsp3) is 0.450. The summed E-state index contributed by atoms with van der Waals surface area (Å²) in [5, 5.41) is 33.5. The lowest BCUT2D eigenvalue weighted by molar-refractivity contribution is -0.580. The lowest BCUT2D eigenvalue weighted by atomic mass is 10.2. The predicted molar refractivity (Wildman–Crippen MR) is 107 cm³/mol. The summed E-state index contributed by atoms with van der Waals surface area (Å²) in [6.45, 7) is 0.856. The molecule has 8 nitrogen and oxygen atoms in total. The minimum atomic E-state index is -1.51. The third kappa shape index (κ3) is 10.2. The molecule has 2 fully saturated rings. The number of carboxylic acids is 2. The molecule has 0 spiro atoms. The van der Waals surface area contributed by atoms with E-state index in [9.17, 15) is 19.8 Å². The molecule has 1 aromatic rings. The number of nitrogens with two attached hydrogens (primary N) is 1. The van der Waals surface area contributed by atoms with Crippen LogP contribution in [-0.4, -0.2) is 47.1 Å². The molecule has 0 radical (unpaired) electrons. The number of carbonyl (C=O) groups excluding carboxylic acids is 1. The molecule has 2 saturated carbocycles. The molecule has 1 unspecified atom stereocenters. The molecule has 0 saturated heterocycles. The van der Waals surface area contributed by atoms with Crippen LogP contribution in [0.3, 0.4) is 0 Å². The van der Waals surface area contributed by atoms with E-state index in [2.05, 4.69) is 21.1 Å². The highest BCUT2D eigenvalue weighted by atomic mass is 79.9. The maximum absolute atomic E-state index is 9.95. The standard InChI is InChI=1S/C16H21BrN2O2.C4H4O4/c17-13-5-7-14(8-6-13)18-9-15(20)10-21-19-16(11-1-2-11)12-3-4-12;5-3(6)1-2-4(7)8/h5-8,11-12,15,18,20H,1-4,9-10H2;1-2H,(H,5,6)(H,7,8)/b;2-1-. The van der Waals surface area contributed by atoms with Crippen LogP contribution < -0.4 is 10.4 Å². The number of rotatable bonds is 10. The van der Waals surface area contributed by atoms with Gasteiger partial charge in [-0.3, -0.25) is 0 Å². The summed E-state index contributed by atoms with van der Waals surface area (Å²) in [5.41, 5.74) is 2.36. The number of carboxylic acid groups (broad SMARTS) is 2. The van der Waals surface area contributed by atoms with Gasteiger partial charge in [0, 0.05) is 34.5 Å². The molecule has 9 heteroatoms. The quantitative estimate of drug-likeness (QED) is 0.199. The molecular formula is C20H25BrN2O6. The molecule has 0 amide bonds. The number of quaternary nitrogens is 1. The Labute approximate surface area is 177 Å². The summed E-state index contributed by atoms with van der Waals surface area (Å²) in [6.07, 6.45) is 5.49. The van der Waals surface area contributed by atoms with Crippen LogP contribution in [0.4, 0.5) is 5.69 Å². The van der Waals surface area contributed by atoms with E-state index < -0.39 is 18.0 Å². The Bertz CT molecular complexity index is 712. The molecule has 0 aliphatic heterocycles. The van der Waals surface area contributed by atoms with Crippen molar-refractivity contribution in [3.05, 3.63) is 40.9 Å². The van der Waals surface area contributed by atoms with Crippen molar-refractivity contribution < 1.29 is 35.1 Å². The lowest BCUT2D eigenvalue weighted by Crippen LogP contribution is -2.80. The highest BCUT2D eigenvalue weighted by Gasteiger charge is 2.38. The van der Waals surface area contributed by atoms with E-state index >= 15 is 0 Å². The third-order valence-electron chi connectivity index (χ3n) is 4.29. The number of hydrogen-bond acceptors (Lipinski definition) is 6. The third-order valence-corrected chi connectivity index (χ3v) is 4.81. The van der Waals surface area contributed by atoms with Gasteiger partial charge in [0.25, 0.3) is 0 Å². The Morgan fingerprint density at radius 3 is 2.24 bits per heavy atom. The predicted octanol–water partition coefficient (Wildman–Crippen LogP) is 0.575. The van der Waals surface area contributed by atoms with Gasteiger partial charge in [-0.15, -0.1) is 0 Å². The lowest BCUT2D eigenvalue weighted by Gasteiger charge is -2.09. The number of aliphatic hydroxyl groups excluding tert-OH is 1. The van der Waals surface area contributed by atoms with Crippen LogP contribution in [0.2, 0.25) is 0 Å². The summed E-state index contributed by atoms with van der Waals surface area (Å²) in [4.78, 5) is 24.3. The van der Waals surface area contributed by atoms with Crippen LogP contribution >= 0.6 is 15.9 Å². The Kier molecular flexibility index (Phi) is 9.30. The van der Waals surface area contributed by atoms with E-state index in [1.807, 2.05) is 29.6 Å². The second-order valence-corrected chi connectivity index (χ2v) is 7.91. The zero-order chi connectivity index (χ0) is 21.2. The first-order valence-corrected chi connectivity index (χ1v) is 10.2. The van der Waals surface area contributed by atoms with Gasteiger partial charge in [-0.25, -0.2) is 4.79 Å². The normalized spacial score (nSPS) is 16.5. The molecule has 1 atom stereocenters. The van der Waals surface area contributed by atoms with Gasteiger partial charge in [0.1, 0.15) is 24.9 Å². The molecule has 2 aliphatic rings. The van der Waals surface area contributed by atoms with Gasteiger partial charge in [0.2, 0.25) is 0 Å². The van der Waals surface area contributed by atoms with E-state index in [1.165, 1.54) is 31.4 Å². The van der Waals surface area contributed by atoms with Gasteiger partial charge in [0.05, 0.1) is 11.7 Å². The summed E-state index contributed by atoms with van der Waals surface area (Å²) >= 11 is 3.41. The van der Waals surface area contributed by atoms with Crippen LogP contribution in [0.5, 0.6) is 0 Å². The average Bonchev–Trinajstić information content (AvgIpc) is 3.57. The minimum absolute atomic E-state index is 0.274. The SMILES string of the molecule is O=C([O-])/C=C\C(=O)O.OC(C[NH2+]c1ccc(Br)cc1)CON=C(C1CC1)C1CC1. The summed E-state index contributed by atoms with van der Waals surface area (Å²) in [5.74, 6) is -1.46. The van der Waals surface area contributed by atoms with Crippen molar-refractivity contribution in [1.82, 2.24) is 0 Å². The van der Waals surface area contributed by atoms with E-state index in [4.69, 9.17) is 9.94 Å². The van der Waals surface area contributed by atoms with Crippen molar-refractivity contribution in [3.8, 4) is 0 Å². The van der Waals surface area contributed by atoms with Gasteiger partial charge in [-0.05, 0) is 43.9 Å². The number of hydrogen-bond donors (Lipinski definition) is 3. The monoisotopic (exact) mass is 468 g/mol. The molecule has 158 valence electrons. The van der Waals surface area contributed by atoms with Gasteiger partial charge in [-0.2, -0.15) is 0 Å². The molecule has 0 bridgehead atoms. The first-order valence-electron chi connectivity index (χ1n) is 9.43. The van der Waals surface area contributed by atoms with Crippen molar-refractivity contribution in [2.75, 3.05) is 13.2 Å². The van der Waals surface area contributed by atoms with E-state index in [-0.39, 0.29) is 6.61 Å². The zero-order valence-electron chi connectivity index (χ0n) is 15.9. The highest BCUT2D eigenvalue weighted by Crippen LogP contribution is 2.42. The molecule has 4 N–H and O–H groups in total. The molecule has 3 rings (SSSR count). The minimum Gasteiger partial charge on any atom is -0.545 e. The average molecular weight is 469 g/mol. The van der Waals surface area contributed by atoms with Crippen LogP contribution in [0.15, 0.2) is 46.0 Å². The molecule has 29 heavy (non-hydrogen) atoms. The van der Waals surface area contributed by atoms with Crippen molar-refractivity contribution in [1.29, 1.82) is 0 Å². The van der Waals surface area contributed by atoms with Crippen molar-refractivity contribution in [2.24, 2.45) is 17.0 Å². The van der Waals surface area contributed by atoms with Crippen LogP contribution in [-0.2, 0) is 14.4 Å². The first kappa shape index (κ1) is 23.1. The molecule has 1 aromatic carbocycles. The van der Waals surface area contributed by atoms with Crippen molar-refractivity contribution in [3.63, 3.8) is 0 Å². The largest absolute Gasteiger partial charge is 0.545 e. The van der Waals surface area contributed by atoms with Crippen LogP contribution in [0.25, 0.3) is 0 Å². The van der Waals surface area contributed by atoms with Gasteiger partial charge >= 0.3 is 5.97 Å². The van der Waals surface area contributed by atoms with Crippen LogP contribution in [0, 0.1) is 11.8 Å². The Morgan fingerprint density at radius 1 is 1.21 bits per heavy atom. The number of benzene rings is 1. The fourth-order valence-corrected chi connectivity index (χ4v) is 2.78. The van der Waals surface area contributed by atoms with Gasteiger partial charge in [-0.1, -0.05) is 21.1 Å². The molecule has 0 heterocycles. The molecule has 2 aliphatic carbocycles. The second-order valence-electron chi connectivity index (χ2n) is 7.00. The van der Waals surface area contributed by atoms with Gasteiger partial charge in [0.15, 0.2) is 0 Å². The number of aliphatic carboxylic acids is 2. The van der Waals surface area contributed by atoms with Crippen molar-refractivity contribution in [2.45, 2.75) is 31.8 Å². The highest BCUT2D eigenvalue weighted by molar-refractivity contribution is 9.10. The maximum Gasteiger partial charge on any atom is 0.328 e. The molecule has 0 aromatic heterocycles. The summed E-state index contributed by atoms with van der Waals surface area (Å²) < 4.78 is 1.06. The van der Waals surface area contributed by atoms with E-state index in [1.54, 1.807) is 0 Å². The van der Waals surface area contributed by atoms with Gasteiger partial charge < -0.3 is 30.3 Å². The topological polar surface area (TPSA) is 136 Å². The Balaban J connectivity index is 0.000000321. The van der Waals surface area contributed by atoms with E-state index in [0.29, 0.717) is 30.5 Å². The second kappa shape index (κ2) is 11.7. The zero-order valence-corrected chi connectivity index (χ0v) is 17.5. The fourth-order valence-electron chi connectivity index (χ4n) is 2.52.